The number of hydrogen-bond acceptors (Lipinski definition) is 3. The van der Waals surface area contributed by atoms with Gasteiger partial charge in [0.05, 0.1) is 10.9 Å². The average Bonchev–Trinajstić information content (AvgIpc) is 2.66. The highest BCUT2D eigenvalue weighted by atomic mass is 16.2. The highest BCUT2D eigenvalue weighted by molar-refractivity contribution is 5.93. The topological polar surface area (TPSA) is 64.3 Å². The van der Waals surface area contributed by atoms with Crippen molar-refractivity contribution < 1.29 is 4.79 Å². The van der Waals surface area contributed by atoms with Gasteiger partial charge in [-0.15, -0.1) is 0 Å². The molecule has 1 saturated carbocycles. The number of amides is 1. The number of nitrogens with zero attached hydrogens (tertiary/aromatic N) is 3. The van der Waals surface area contributed by atoms with Crippen LogP contribution < -0.4 is 16.1 Å². The highest BCUT2D eigenvalue weighted by Crippen LogP contribution is 2.26. The molecule has 0 unspecified atom stereocenters. The number of carbonyl (C=O) groups excluding carboxylic acids is 1. The minimum Gasteiger partial charge on any atom is -0.316 e. The van der Waals surface area contributed by atoms with Crippen molar-refractivity contribution in [1.29, 1.82) is 0 Å². The highest BCUT2D eigenvalue weighted by Gasteiger charge is 2.17. The molecule has 0 saturated heterocycles. The Morgan fingerprint density at radius 2 is 1.88 bits per heavy atom. The molecular weight excluding hydrogens is 330 g/mol. The van der Waals surface area contributed by atoms with Crippen LogP contribution in [0.2, 0.25) is 0 Å². The Morgan fingerprint density at radius 1 is 1.19 bits per heavy atom. The molecule has 0 atom stereocenters. The van der Waals surface area contributed by atoms with Crippen molar-refractivity contribution >= 4 is 22.5 Å². The predicted molar refractivity (Wildman–Crippen MR) is 104 cm³/mol. The van der Waals surface area contributed by atoms with Crippen LogP contribution in [0.3, 0.4) is 0 Å². The lowest BCUT2D eigenvalue weighted by Crippen LogP contribution is -2.39. The quantitative estimate of drug-likeness (QED) is 0.845. The Hall–Kier alpha value is -2.37. The number of fused-ring (bicyclic) bond motifs is 1. The largest absolute Gasteiger partial charge is 0.331 e. The summed E-state index contributed by atoms with van der Waals surface area (Å²) in [7, 11) is 3.36. The minimum absolute atomic E-state index is 0.105. The van der Waals surface area contributed by atoms with Crippen molar-refractivity contribution in [1.82, 2.24) is 9.13 Å². The van der Waals surface area contributed by atoms with Gasteiger partial charge in [0, 0.05) is 33.3 Å². The van der Waals surface area contributed by atoms with Gasteiger partial charge in [0.1, 0.15) is 0 Å². The molecule has 0 aliphatic heterocycles. The summed E-state index contributed by atoms with van der Waals surface area (Å²) in [6.45, 7) is 1.94. The Kier molecular flexibility index (Phi) is 5.30. The van der Waals surface area contributed by atoms with Crippen LogP contribution in [0.5, 0.6) is 0 Å². The summed E-state index contributed by atoms with van der Waals surface area (Å²) in [6, 6.07) is 5.20. The van der Waals surface area contributed by atoms with Crippen LogP contribution in [0.4, 0.5) is 5.69 Å². The van der Waals surface area contributed by atoms with Gasteiger partial charge >= 0.3 is 5.69 Å². The molecule has 1 aliphatic rings. The van der Waals surface area contributed by atoms with E-state index in [2.05, 4.69) is 0 Å². The molecule has 0 radical (unpaired) electrons. The van der Waals surface area contributed by atoms with Crippen molar-refractivity contribution in [3.8, 4) is 0 Å². The lowest BCUT2D eigenvalue weighted by atomic mass is 9.87. The fourth-order valence-corrected chi connectivity index (χ4v) is 3.88. The van der Waals surface area contributed by atoms with Crippen molar-refractivity contribution in [2.45, 2.75) is 52.0 Å². The van der Waals surface area contributed by atoms with Gasteiger partial charge in [-0.2, -0.15) is 0 Å². The van der Waals surface area contributed by atoms with E-state index in [-0.39, 0.29) is 17.2 Å². The third kappa shape index (κ3) is 3.45. The van der Waals surface area contributed by atoms with E-state index in [9.17, 15) is 14.4 Å². The maximum Gasteiger partial charge on any atom is 0.331 e. The number of rotatable bonds is 4. The zero-order chi connectivity index (χ0) is 18.8. The molecule has 6 heteroatoms. The number of benzene rings is 1. The summed E-state index contributed by atoms with van der Waals surface area (Å²) in [4.78, 5) is 38.7. The summed E-state index contributed by atoms with van der Waals surface area (Å²) >= 11 is 0. The molecule has 1 amide bonds. The average molecular weight is 357 g/mol. The maximum absolute atomic E-state index is 13.0. The van der Waals surface area contributed by atoms with Gasteiger partial charge < -0.3 is 4.90 Å². The first-order valence-electron chi connectivity index (χ1n) is 9.38. The molecule has 0 N–H and O–H groups in total. The summed E-state index contributed by atoms with van der Waals surface area (Å²) in [5.41, 5.74) is 0.706. The van der Waals surface area contributed by atoms with Gasteiger partial charge in [0.15, 0.2) is 0 Å². The summed E-state index contributed by atoms with van der Waals surface area (Å²) in [6.07, 6.45) is 7.03. The Bertz CT molecular complexity index is 936. The van der Waals surface area contributed by atoms with Crippen molar-refractivity contribution in [2.75, 3.05) is 11.9 Å². The molecule has 3 rings (SSSR count). The van der Waals surface area contributed by atoms with Crippen LogP contribution >= 0.6 is 0 Å². The smallest absolute Gasteiger partial charge is 0.316 e. The number of aromatic nitrogens is 2. The summed E-state index contributed by atoms with van der Waals surface area (Å²) < 4.78 is 2.88. The van der Waals surface area contributed by atoms with E-state index in [4.69, 9.17) is 0 Å². The van der Waals surface area contributed by atoms with Crippen LogP contribution in [0.1, 0.15) is 45.4 Å². The van der Waals surface area contributed by atoms with Crippen LogP contribution in [-0.4, -0.2) is 22.1 Å². The molecule has 1 aromatic heterocycles. The number of carbonyl (C=O) groups is 1. The van der Waals surface area contributed by atoms with Gasteiger partial charge in [-0.3, -0.25) is 18.7 Å². The van der Waals surface area contributed by atoms with E-state index in [1.54, 1.807) is 32.3 Å². The zero-order valence-electron chi connectivity index (χ0n) is 15.8. The van der Waals surface area contributed by atoms with E-state index >= 15 is 0 Å². The van der Waals surface area contributed by atoms with Crippen LogP contribution in [-0.2, 0) is 18.4 Å². The molecule has 1 aromatic carbocycles. The number of anilines is 1. The third-order valence-corrected chi connectivity index (χ3v) is 5.68. The second kappa shape index (κ2) is 7.48. The van der Waals surface area contributed by atoms with Crippen molar-refractivity contribution in [3.05, 3.63) is 39.0 Å². The van der Waals surface area contributed by atoms with Crippen LogP contribution in [0.15, 0.2) is 27.8 Å². The Labute approximate surface area is 153 Å². The van der Waals surface area contributed by atoms with Gasteiger partial charge in [-0.1, -0.05) is 32.1 Å². The monoisotopic (exact) mass is 357 g/mol. The molecule has 6 nitrogen and oxygen atoms in total. The lowest BCUT2D eigenvalue weighted by molar-refractivity contribution is -0.116. The predicted octanol–water partition coefficient (Wildman–Crippen LogP) is 2.65. The molecule has 1 heterocycles. The van der Waals surface area contributed by atoms with E-state index in [0.29, 0.717) is 29.1 Å². The zero-order valence-corrected chi connectivity index (χ0v) is 15.8. The number of aryl methyl sites for hydroxylation is 1. The second-order valence-electron chi connectivity index (χ2n) is 7.37. The van der Waals surface area contributed by atoms with Crippen molar-refractivity contribution in [3.63, 3.8) is 0 Å². The molecule has 0 spiro atoms. The second-order valence-corrected chi connectivity index (χ2v) is 7.37. The van der Waals surface area contributed by atoms with Crippen molar-refractivity contribution in [2.24, 2.45) is 13.0 Å². The van der Waals surface area contributed by atoms with E-state index in [1.165, 1.54) is 53.1 Å². The number of hydrogen-bond donors (Lipinski definition) is 0. The minimum atomic E-state index is -0.272. The lowest BCUT2D eigenvalue weighted by Gasteiger charge is -2.22. The van der Waals surface area contributed by atoms with Gasteiger partial charge in [0.2, 0.25) is 5.91 Å². The SMILES string of the molecule is CC(=O)N(C)c1ccc2c(c1)c(=O)n(CCC1CCCCC1)c(=O)n2C. The van der Waals surface area contributed by atoms with E-state index < -0.39 is 0 Å². The normalized spacial score (nSPS) is 15.3. The molecular formula is C20H27N3O3. The molecule has 1 aliphatic carbocycles. The Morgan fingerprint density at radius 3 is 2.54 bits per heavy atom. The van der Waals surface area contributed by atoms with Crippen LogP contribution in [0, 0.1) is 5.92 Å². The molecule has 26 heavy (non-hydrogen) atoms. The molecule has 2 aromatic rings. The van der Waals surface area contributed by atoms with E-state index in [0.717, 1.165) is 6.42 Å². The first-order chi connectivity index (χ1) is 12.4. The van der Waals surface area contributed by atoms with Gasteiger partial charge in [-0.25, -0.2) is 4.79 Å². The fraction of sp³-hybridized carbons (Fsp3) is 0.550. The first kappa shape index (κ1) is 18.4. The van der Waals surface area contributed by atoms with E-state index in [1.807, 2.05) is 0 Å². The van der Waals surface area contributed by atoms with Crippen LogP contribution in [0.25, 0.3) is 10.9 Å². The third-order valence-electron chi connectivity index (χ3n) is 5.68. The summed E-state index contributed by atoms with van der Waals surface area (Å²) in [5.74, 6) is 0.498. The Balaban J connectivity index is 2.01. The standard InChI is InChI=1S/C20H27N3O3/c1-14(24)21(2)16-9-10-18-17(13-16)19(25)23(20(26)22(18)3)12-11-15-7-5-4-6-8-15/h9-10,13,15H,4-8,11-12H2,1-3H3. The molecule has 1 fully saturated rings. The van der Waals surface area contributed by atoms with Gasteiger partial charge in [-0.05, 0) is 30.5 Å². The first-order valence-corrected chi connectivity index (χ1v) is 9.38. The van der Waals surface area contributed by atoms with Gasteiger partial charge in [0.25, 0.3) is 5.56 Å². The molecule has 0 bridgehead atoms. The summed E-state index contributed by atoms with van der Waals surface area (Å²) in [5, 5.41) is 0.473. The molecule has 140 valence electrons. The fourth-order valence-electron chi connectivity index (χ4n) is 3.88. The maximum atomic E-state index is 13.0.